The first-order chi connectivity index (χ1) is 14.5. The number of aromatic nitrogens is 3. The van der Waals surface area contributed by atoms with Crippen LogP contribution in [-0.2, 0) is 6.18 Å². The van der Waals surface area contributed by atoms with Crippen molar-refractivity contribution in [3.05, 3.63) is 72.2 Å². The first-order valence-electron chi connectivity index (χ1n) is 9.55. The van der Waals surface area contributed by atoms with Crippen LogP contribution in [0.4, 0.5) is 19.0 Å². The van der Waals surface area contributed by atoms with Crippen LogP contribution >= 0.6 is 0 Å². The van der Waals surface area contributed by atoms with Gasteiger partial charge in [-0.3, -0.25) is 4.98 Å². The summed E-state index contributed by atoms with van der Waals surface area (Å²) < 4.78 is 40.7. The van der Waals surface area contributed by atoms with Crippen molar-refractivity contribution < 1.29 is 13.2 Å². The minimum atomic E-state index is -4.61. The smallest absolute Gasteiger partial charge is 0.352 e. The molecular weight excluding hydrogens is 391 g/mol. The van der Waals surface area contributed by atoms with Gasteiger partial charge >= 0.3 is 6.18 Å². The van der Waals surface area contributed by atoms with Gasteiger partial charge in [-0.25, -0.2) is 9.97 Å². The number of rotatable bonds is 4. The highest BCUT2D eigenvalue weighted by Gasteiger charge is 2.38. The molecule has 1 saturated heterocycles. The van der Waals surface area contributed by atoms with Gasteiger partial charge in [-0.2, -0.15) is 18.4 Å². The fourth-order valence-corrected chi connectivity index (χ4v) is 3.82. The Morgan fingerprint density at radius 2 is 1.90 bits per heavy atom. The monoisotopic (exact) mass is 409 g/mol. The summed E-state index contributed by atoms with van der Waals surface area (Å²) in [6.07, 6.45) is -0.184. The summed E-state index contributed by atoms with van der Waals surface area (Å²) in [4.78, 5) is 13.9. The molecule has 2 atom stereocenters. The third-order valence-electron chi connectivity index (χ3n) is 5.20. The van der Waals surface area contributed by atoms with E-state index in [1.807, 2.05) is 30.3 Å². The molecule has 1 aliphatic heterocycles. The second kappa shape index (κ2) is 8.11. The molecule has 0 N–H and O–H groups in total. The molecule has 0 bridgehead atoms. The lowest BCUT2D eigenvalue weighted by molar-refractivity contribution is -0.141. The maximum absolute atomic E-state index is 13.6. The number of hydrogen-bond acceptors (Lipinski definition) is 5. The van der Waals surface area contributed by atoms with Crippen LogP contribution in [0.1, 0.15) is 30.0 Å². The van der Waals surface area contributed by atoms with E-state index in [0.29, 0.717) is 18.5 Å². The highest BCUT2D eigenvalue weighted by Crippen LogP contribution is 2.37. The van der Waals surface area contributed by atoms with Crippen LogP contribution < -0.4 is 4.90 Å². The molecular formula is C22H18F3N5. The van der Waals surface area contributed by atoms with Crippen LogP contribution in [-0.4, -0.2) is 27.5 Å². The molecule has 8 heteroatoms. The van der Waals surface area contributed by atoms with Crippen LogP contribution in [0.5, 0.6) is 0 Å². The van der Waals surface area contributed by atoms with Gasteiger partial charge in [0.2, 0.25) is 0 Å². The third kappa shape index (κ3) is 3.96. The standard InChI is InChI=1S/C22H18F3N5/c23-22(24,25)19-12-20(29-21(28-19)16-8-4-10-27-14-16)30-11-5-9-18(30)17(13-26)15-6-2-1-3-7-15/h1-4,6-8,10,12,14,17-18H,5,9,11H2. The van der Waals surface area contributed by atoms with Crippen LogP contribution in [0, 0.1) is 11.3 Å². The maximum atomic E-state index is 13.6. The van der Waals surface area contributed by atoms with E-state index in [4.69, 9.17) is 0 Å². The molecule has 0 aliphatic carbocycles. The molecule has 2 unspecified atom stereocenters. The summed E-state index contributed by atoms with van der Waals surface area (Å²) in [5.74, 6) is -0.332. The van der Waals surface area contributed by atoms with Gasteiger partial charge in [0.25, 0.3) is 0 Å². The number of anilines is 1. The number of halogens is 3. The van der Waals surface area contributed by atoms with Gasteiger partial charge < -0.3 is 4.90 Å². The highest BCUT2D eigenvalue weighted by atomic mass is 19.4. The van der Waals surface area contributed by atoms with Crippen LogP contribution in [0.3, 0.4) is 0 Å². The molecule has 0 amide bonds. The predicted octanol–water partition coefficient (Wildman–Crippen LogP) is 4.83. The summed E-state index contributed by atoms with van der Waals surface area (Å²) >= 11 is 0. The van der Waals surface area contributed by atoms with Gasteiger partial charge in [-0.15, -0.1) is 0 Å². The van der Waals surface area contributed by atoms with Crippen molar-refractivity contribution >= 4 is 5.82 Å². The van der Waals surface area contributed by atoms with Crippen LogP contribution in [0.2, 0.25) is 0 Å². The van der Waals surface area contributed by atoms with Crippen molar-refractivity contribution in [2.45, 2.75) is 31.0 Å². The van der Waals surface area contributed by atoms with Crippen molar-refractivity contribution in [2.75, 3.05) is 11.4 Å². The van der Waals surface area contributed by atoms with E-state index >= 15 is 0 Å². The molecule has 5 nitrogen and oxygen atoms in total. The molecule has 1 aromatic carbocycles. The zero-order valence-corrected chi connectivity index (χ0v) is 15.9. The lowest BCUT2D eigenvalue weighted by Gasteiger charge is -2.30. The fourth-order valence-electron chi connectivity index (χ4n) is 3.82. The van der Waals surface area contributed by atoms with Crippen molar-refractivity contribution in [2.24, 2.45) is 0 Å². The minimum Gasteiger partial charge on any atom is -0.352 e. The van der Waals surface area contributed by atoms with Crippen molar-refractivity contribution in [3.63, 3.8) is 0 Å². The molecule has 30 heavy (non-hydrogen) atoms. The Labute approximate surface area is 171 Å². The summed E-state index contributed by atoms with van der Waals surface area (Å²) in [6, 6.07) is 15.6. The van der Waals surface area contributed by atoms with E-state index < -0.39 is 17.8 Å². The fraction of sp³-hybridized carbons (Fsp3) is 0.273. The molecule has 1 aliphatic rings. The molecule has 3 heterocycles. The molecule has 0 spiro atoms. The number of pyridine rings is 1. The minimum absolute atomic E-state index is 0.0354. The van der Waals surface area contributed by atoms with Gasteiger partial charge in [0.05, 0.1) is 18.0 Å². The summed E-state index contributed by atoms with van der Waals surface area (Å²) in [5, 5.41) is 9.82. The van der Waals surface area contributed by atoms with Crippen LogP contribution in [0.15, 0.2) is 60.9 Å². The largest absolute Gasteiger partial charge is 0.433 e. The summed E-state index contributed by atoms with van der Waals surface area (Å²) in [7, 11) is 0. The quantitative estimate of drug-likeness (QED) is 0.617. The zero-order valence-electron chi connectivity index (χ0n) is 15.9. The zero-order chi connectivity index (χ0) is 21.1. The van der Waals surface area contributed by atoms with Gasteiger partial charge in [0, 0.05) is 30.6 Å². The van der Waals surface area contributed by atoms with E-state index in [2.05, 4.69) is 21.0 Å². The molecule has 152 valence electrons. The van der Waals surface area contributed by atoms with E-state index in [9.17, 15) is 18.4 Å². The Balaban J connectivity index is 1.77. The Kier molecular flexibility index (Phi) is 5.36. The Morgan fingerprint density at radius 3 is 2.57 bits per heavy atom. The van der Waals surface area contributed by atoms with Crippen molar-refractivity contribution in [1.82, 2.24) is 15.0 Å². The van der Waals surface area contributed by atoms with Gasteiger partial charge in [-0.05, 0) is 30.5 Å². The van der Waals surface area contributed by atoms with E-state index in [1.165, 1.54) is 12.4 Å². The van der Waals surface area contributed by atoms with Gasteiger partial charge in [-0.1, -0.05) is 30.3 Å². The Hall–Kier alpha value is -3.47. The number of alkyl halides is 3. The molecule has 2 aromatic heterocycles. The summed E-state index contributed by atoms with van der Waals surface area (Å²) in [6.45, 7) is 0.524. The number of nitriles is 1. The molecule has 4 rings (SSSR count). The Bertz CT molecular complexity index is 1050. The second-order valence-electron chi connectivity index (χ2n) is 7.09. The topological polar surface area (TPSA) is 65.7 Å². The first-order valence-corrected chi connectivity index (χ1v) is 9.55. The second-order valence-corrected chi connectivity index (χ2v) is 7.09. The average molecular weight is 409 g/mol. The predicted molar refractivity (Wildman–Crippen MR) is 105 cm³/mol. The van der Waals surface area contributed by atoms with E-state index in [0.717, 1.165) is 18.1 Å². The average Bonchev–Trinajstić information content (AvgIpc) is 3.24. The lowest BCUT2D eigenvalue weighted by atomic mass is 9.91. The lowest BCUT2D eigenvalue weighted by Crippen LogP contribution is -2.35. The van der Waals surface area contributed by atoms with Gasteiger partial charge in [0.15, 0.2) is 11.5 Å². The molecule has 3 aromatic rings. The van der Waals surface area contributed by atoms with E-state index in [-0.39, 0.29) is 17.7 Å². The molecule has 0 radical (unpaired) electrons. The SMILES string of the molecule is N#CC(c1ccccc1)C1CCCN1c1cc(C(F)(F)F)nc(-c2cccnc2)n1. The first kappa shape index (κ1) is 19.8. The van der Waals surface area contributed by atoms with Crippen molar-refractivity contribution in [1.29, 1.82) is 5.26 Å². The number of benzene rings is 1. The molecule has 0 saturated carbocycles. The third-order valence-corrected chi connectivity index (χ3v) is 5.20. The normalized spacial score (nSPS) is 17.5. The maximum Gasteiger partial charge on any atom is 0.433 e. The summed E-state index contributed by atoms with van der Waals surface area (Å²) in [5.41, 5.74) is 0.236. The number of hydrogen-bond donors (Lipinski definition) is 0. The highest BCUT2D eigenvalue weighted by molar-refractivity contribution is 5.58. The van der Waals surface area contributed by atoms with Crippen molar-refractivity contribution in [3.8, 4) is 17.5 Å². The van der Waals surface area contributed by atoms with E-state index in [1.54, 1.807) is 17.0 Å². The van der Waals surface area contributed by atoms with Gasteiger partial charge in [0.1, 0.15) is 5.82 Å². The molecule has 1 fully saturated rings. The van der Waals surface area contributed by atoms with Crippen LogP contribution in [0.25, 0.3) is 11.4 Å². The Morgan fingerprint density at radius 1 is 1.10 bits per heavy atom. The number of nitrogens with zero attached hydrogens (tertiary/aromatic N) is 5.